The molecule has 2 atom stereocenters. The average molecular weight is 544 g/mol. The Balaban J connectivity index is 1.50. The van der Waals surface area contributed by atoms with E-state index in [0.29, 0.717) is 40.2 Å². The number of rotatable bonds is 5. The molecule has 0 aliphatic carbocycles. The van der Waals surface area contributed by atoms with E-state index in [9.17, 15) is 26.4 Å². The normalized spacial score (nSPS) is 19.3. The highest BCUT2D eigenvalue weighted by Gasteiger charge is 2.37. The van der Waals surface area contributed by atoms with E-state index in [2.05, 4.69) is 9.72 Å². The summed E-state index contributed by atoms with van der Waals surface area (Å²) in [4.78, 5) is 16.9. The van der Waals surface area contributed by atoms with Gasteiger partial charge in [-0.3, -0.25) is 4.79 Å². The molecular formula is C24H24F3NO6S2. The Morgan fingerprint density at radius 1 is 1.11 bits per heavy atom. The number of hydrogen-bond acceptors (Lipinski definition) is 8. The first-order chi connectivity index (χ1) is 16.7. The Bertz CT molecular complexity index is 1360. The van der Waals surface area contributed by atoms with Crippen LogP contribution in [0.15, 0.2) is 47.4 Å². The van der Waals surface area contributed by atoms with Crippen LogP contribution in [0.4, 0.5) is 13.2 Å². The van der Waals surface area contributed by atoms with Crippen LogP contribution in [-0.2, 0) is 23.8 Å². The van der Waals surface area contributed by atoms with Gasteiger partial charge in [0, 0.05) is 12.2 Å². The Morgan fingerprint density at radius 2 is 1.81 bits per heavy atom. The Morgan fingerprint density at radius 3 is 2.44 bits per heavy atom. The number of aromatic nitrogens is 1. The van der Waals surface area contributed by atoms with Gasteiger partial charge in [0.05, 0.1) is 22.2 Å². The van der Waals surface area contributed by atoms with Crippen molar-refractivity contribution in [2.45, 2.75) is 51.0 Å². The summed E-state index contributed by atoms with van der Waals surface area (Å²) >= 11 is 1.15. The Kier molecular flexibility index (Phi) is 7.06. The van der Waals surface area contributed by atoms with Crippen LogP contribution in [0.2, 0.25) is 0 Å². The third kappa shape index (κ3) is 6.16. The molecule has 2 unspecified atom stereocenters. The maximum Gasteiger partial charge on any atom is 0.573 e. The average Bonchev–Trinajstić information content (AvgIpc) is 3.21. The second kappa shape index (κ2) is 9.64. The molecule has 2 aromatic carbocycles. The summed E-state index contributed by atoms with van der Waals surface area (Å²) in [5, 5.41) is 0.477. The van der Waals surface area contributed by atoms with Crippen LogP contribution in [-0.4, -0.2) is 38.4 Å². The van der Waals surface area contributed by atoms with Crippen molar-refractivity contribution >= 4 is 37.6 Å². The van der Waals surface area contributed by atoms with Crippen molar-refractivity contribution in [3.05, 3.63) is 42.5 Å². The number of carbonyl (C=O) groups excluding carboxylic acids is 1. The number of benzene rings is 2. The Hall–Kier alpha value is -2.70. The molecule has 1 aromatic heterocycles. The summed E-state index contributed by atoms with van der Waals surface area (Å²) < 4.78 is 77.9. The second-order valence-corrected chi connectivity index (χ2v) is 12.1. The summed E-state index contributed by atoms with van der Waals surface area (Å²) in [6.07, 6.45) is -4.22. The number of nitrogens with zero attached hydrogens (tertiary/aromatic N) is 1. The zero-order valence-electron chi connectivity index (χ0n) is 19.7. The molecule has 0 bridgehead atoms. The Labute approximate surface area is 210 Å². The van der Waals surface area contributed by atoms with Crippen molar-refractivity contribution in [2.24, 2.45) is 11.3 Å². The summed E-state index contributed by atoms with van der Waals surface area (Å²) in [5.74, 6) is -1.75. The lowest BCUT2D eigenvalue weighted by Crippen LogP contribution is -2.39. The standard InChI is InChI=1S/C24H24F3NO6S2/c1-23(2,3)20-12-15(10-11-32-20)22(29)34-36(30,31)17-8-9-18-19(13-17)35-21(28-18)14-4-6-16(7-5-14)33-24(25,26)27/h4-9,13,15,20H,10-12H2,1-3H3. The fraction of sp³-hybridized carbons (Fsp3) is 0.417. The quantitative estimate of drug-likeness (QED) is 0.368. The first kappa shape index (κ1) is 26.4. The summed E-state index contributed by atoms with van der Waals surface area (Å²) in [6.45, 7) is 6.32. The zero-order chi connectivity index (χ0) is 26.3. The van der Waals surface area contributed by atoms with Crippen molar-refractivity contribution in [3.63, 3.8) is 0 Å². The van der Waals surface area contributed by atoms with Gasteiger partial charge in [0.15, 0.2) is 0 Å². The molecule has 4 rings (SSSR count). The van der Waals surface area contributed by atoms with Gasteiger partial charge in [-0.2, -0.15) is 8.42 Å². The summed E-state index contributed by atoms with van der Waals surface area (Å²) in [5.41, 5.74) is 0.834. The van der Waals surface area contributed by atoms with Crippen molar-refractivity contribution in [1.29, 1.82) is 0 Å². The molecule has 1 aliphatic heterocycles. The van der Waals surface area contributed by atoms with Crippen molar-refractivity contribution < 1.29 is 40.0 Å². The molecule has 1 saturated heterocycles. The molecule has 194 valence electrons. The molecule has 1 fully saturated rings. The van der Waals surface area contributed by atoms with Gasteiger partial charge in [0.1, 0.15) is 15.7 Å². The minimum absolute atomic E-state index is 0.187. The van der Waals surface area contributed by atoms with E-state index in [1.54, 1.807) is 0 Å². The fourth-order valence-electron chi connectivity index (χ4n) is 3.82. The van der Waals surface area contributed by atoms with E-state index in [1.165, 1.54) is 42.5 Å². The van der Waals surface area contributed by atoms with Crippen LogP contribution in [0.1, 0.15) is 33.6 Å². The van der Waals surface area contributed by atoms with Crippen molar-refractivity contribution in [1.82, 2.24) is 4.98 Å². The minimum atomic E-state index is -4.79. The van der Waals surface area contributed by atoms with Crippen LogP contribution in [0, 0.1) is 11.3 Å². The highest BCUT2D eigenvalue weighted by atomic mass is 32.2. The maximum atomic E-state index is 12.8. The summed E-state index contributed by atoms with van der Waals surface area (Å²) in [7, 11) is -4.37. The van der Waals surface area contributed by atoms with Crippen LogP contribution in [0.25, 0.3) is 20.8 Å². The first-order valence-electron chi connectivity index (χ1n) is 11.1. The van der Waals surface area contributed by atoms with Gasteiger partial charge in [-0.1, -0.05) is 20.8 Å². The van der Waals surface area contributed by atoms with Crippen LogP contribution in [0.3, 0.4) is 0 Å². The smallest absolute Gasteiger partial charge is 0.406 e. The van der Waals surface area contributed by atoms with Gasteiger partial charge in [-0.15, -0.1) is 24.5 Å². The molecule has 0 amide bonds. The number of ether oxygens (including phenoxy) is 2. The number of hydrogen-bond donors (Lipinski definition) is 0. The number of thiazole rings is 1. The van der Waals surface area contributed by atoms with Crippen molar-refractivity contribution in [3.8, 4) is 16.3 Å². The molecule has 2 heterocycles. The van der Waals surface area contributed by atoms with Crippen LogP contribution >= 0.6 is 11.3 Å². The van der Waals surface area contributed by atoms with Gasteiger partial charge < -0.3 is 13.7 Å². The molecule has 0 radical (unpaired) electrons. The highest BCUT2D eigenvalue weighted by Crippen LogP contribution is 2.35. The molecule has 12 heteroatoms. The molecule has 0 saturated carbocycles. The summed E-state index contributed by atoms with van der Waals surface area (Å²) in [6, 6.07) is 9.35. The largest absolute Gasteiger partial charge is 0.573 e. The van der Waals surface area contributed by atoms with E-state index >= 15 is 0 Å². The van der Waals surface area contributed by atoms with Crippen molar-refractivity contribution in [2.75, 3.05) is 6.61 Å². The third-order valence-corrected chi connectivity index (χ3v) is 8.04. The number of carbonyl (C=O) groups is 1. The third-order valence-electron chi connectivity index (χ3n) is 5.76. The van der Waals surface area contributed by atoms with Gasteiger partial charge in [-0.25, -0.2) is 4.98 Å². The minimum Gasteiger partial charge on any atom is -0.406 e. The molecular weight excluding hydrogens is 519 g/mol. The highest BCUT2D eigenvalue weighted by molar-refractivity contribution is 7.87. The predicted octanol–water partition coefficient (Wildman–Crippen LogP) is 5.94. The number of alkyl halides is 3. The topological polar surface area (TPSA) is 91.8 Å². The van der Waals surface area contributed by atoms with Crippen LogP contribution < -0.4 is 4.74 Å². The molecule has 0 spiro atoms. The van der Waals surface area contributed by atoms with Gasteiger partial charge >= 0.3 is 22.4 Å². The van der Waals surface area contributed by atoms with E-state index in [0.717, 1.165) is 11.3 Å². The van der Waals surface area contributed by atoms with E-state index in [4.69, 9.17) is 8.92 Å². The van der Waals surface area contributed by atoms with Gasteiger partial charge in [-0.05, 0) is 60.7 Å². The van der Waals surface area contributed by atoms with E-state index in [1.807, 2.05) is 20.8 Å². The molecule has 7 nitrogen and oxygen atoms in total. The maximum absolute atomic E-state index is 12.8. The lowest BCUT2D eigenvalue weighted by atomic mass is 9.81. The lowest BCUT2D eigenvalue weighted by Gasteiger charge is -2.36. The second-order valence-electron chi connectivity index (χ2n) is 9.52. The molecule has 1 aliphatic rings. The fourth-order valence-corrected chi connectivity index (χ4v) is 5.85. The lowest BCUT2D eigenvalue weighted by molar-refractivity contribution is -0.274. The monoisotopic (exact) mass is 543 g/mol. The molecule has 3 aromatic rings. The van der Waals surface area contributed by atoms with Gasteiger partial charge in [0.25, 0.3) is 0 Å². The zero-order valence-corrected chi connectivity index (χ0v) is 21.3. The van der Waals surface area contributed by atoms with Crippen LogP contribution in [0.5, 0.6) is 5.75 Å². The SMILES string of the molecule is CC(C)(C)C1CC(C(=O)OS(=O)(=O)c2ccc3nc(-c4ccc(OC(F)(F)F)cc4)sc3c2)CCO1. The van der Waals surface area contributed by atoms with E-state index in [-0.39, 0.29) is 22.2 Å². The molecule has 36 heavy (non-hydrogen) atoms. The predicted molar refractivity (Wildman–Crippen MR) is 127 cm³/mol. The number of fused-ring (bicyclic) bond motifs is 1. The molecule has 0 N–H and O–H groups in total. The first-order valence-corrected chi connectivity index (χ1v) is 13.3. The number of halogens is 3. The van der Waals surface area contributed by atoms with E-state index < -0.39 is 28.4 Å². The van der Waals surface area contributed by atoms with Gasteiger partial charge in [0.2, 0.25) is 0 Å².